The average Bonchev–Trinajstić information content (AvgIpc) is 2.61. The Labute approximate surface area is 81.9 Å². The lowest BCUT2D eigenvalue weighted by atomic mass is 10.2. The number of rotatable bonds is 0. The summed E-state index contributed by atoms with van der Waals surface area (Å²) >= 11 is 5.90. The molecule has 0 bridgehead atoms. The van der Waals surface area contributed by atoms with Gasteiger partial charge in [-0.05, 0) is 17.4 Å². The molecule has 0 amide bonds. The molecule has 1 aliphatic heterocycles. The second kappa shape index (κ2) is 3.30. The van der Waals surface area contributed by atoms with Gasteiger partial charge in [0.1, 0.15) is 5.82 Å². The molecule has 1 fully saturated rings. The molecule has 2 nitrogen and oxygen atoms in total. The summed E-state index contributed by atoms with van der Waals surface area (Å²) in [6.07, 6.45) is 0. The van der Waals surface area contributed by atoms with Crippen LogP contribution < -0.4 is 21.1 Å². The average molecular weight is 195 g/mol. The number of hydrogen-bond donors (Lipinski definition) is 2. The Kier molecular flexibility index (Phi) is 2.15. The monoisotopic (exact) mass is 194 g/mol. The largest absolute Gasteiger partial charge is 0.370 e. The summed E-state index contributed by atoms with van der Waals surface area (Å²) in [5, 5.41) is 9.28. The molecule has 0 radical (unpaired) electrons. The third kappa shape index (κ3) is 1.63. The van der Waals surface area contributed by atoms with Gasteiger partial charge in [-0.1, -0.05) is 24.2 Å². The third-order valence-electron chi connectivity index (χ3n) is 2.07. The minimum absolute atomic E-state index is 0.741. The van der Waals surface area contributed by atoms with Crippen molar-refractivity contribution in [3.8, 4) is 0 Å². The van der Waals surface area contributed by atoms with E-state index in [2.05, 4.69) is 17.2 Å². The van der Waals surface area contributed by atoms with Crippen molar-refractivity contribution < 1.29 is 0 Å². The standard InChI is InChI=1S/C10H11ClN2/c1-7-2-3-8(11)6-9(7)10-12-4-5-13-10/h2-3,6,12-13H,1,4-5H2. The van der Waals surface area contributed by atoms with Crippen LogP contribution >= 0.6 is 11.6 Å². The minimum atomic E-state index is 0.741. The normalized spacial score (nSPS) is 15.3. The van der Waals surface area contributed by atoms with Gasteiger partial charge in [0.2, 0.25) is 0 Å². The van der Waals surface area contributed by atoms with E-state index < -0.39 is 0 Å². The highest BCUT2D eigenvalue weighted by Gasteiger charge is 2.04. The van der Waals surface area contributed by atoms with Gasteiger partial charge in [-0.2, -0.15) is 0 Å². The minimum Gasteiger partial charge on any atom is -0.370 e. The van der Waals surface area contributed by atoms with E-state index in [-0.39, 0.29) is 0 Å². The van der Waals surface area contributed by atoms with Crippen molar-refractivity contribution in [2.75, 3.05) is 13.1 Å². The van der Waals surface area contributed by atoms with Crippen LogP contribution in [-0.2, 0) is 0 Å². The van der Waals surface area contributed by atoms with Gasteiger partial charge in [0.05, 0.1) is 0 Å². The molecule has 0 atom stereocenters. The van der Waals surface area contributed by atoms with Crippen molar-refractivity contribution in [3.05, 3.63) is 33.7 Å². The highest BCUT2D eigenvalue weighted by atomic mass is 35.5. The quantitative estimate of drug-likeness (QED) is 0.608. The Morgan fingerprint density at radius 3 is 2.62 bits per heavy atom. The predicted octanol–water partition coefficient (Wildman–Crippen LogP) is 0.00880. The van der Waals surface area contributed by atoms with Crippen LogP contribution in [0.25, 0.3) is 12.4 Å². The van der Waals surface area contributed by atoms with Crippen molar-refractivity contribution in [3.63, 3.8) is 0 Å². The fraction of sp³-hybridized carbons (Fsp3) is 0.200. The van der Waals surface area contributed by atoms with E-state index in [0.29, 0.717) is 0 Å². The Balaban J connectivity index is 2.67. The summed E-state index contributed by atoms with van der Waals surface area (Å²) in [7, 11) is 0. The molecule has 0 aromatic heterocycles. The lowest BCUT2D eigenvalue weighted by Gasteiger charge is -2.00. The Morgan fingerprint density at radius 2 is 1.92 bits per heavy atom. The van der Waals surface area contributed by atoms with E-state index in [1.54, 1.807) is 0 Å². The predicted molar refractivity (Wildman–Crippen MR) is 55.6 cm³/mol. The van der Waals surface area contributed by atoms with E-state index in [4.69, 9.17) is 11.6 Å². The van der Waals surface area contributed by atoms with E-state index in [9.17, 15) is 0 Å². The van der Waals surface area contributed by atoms with Gasteiger partial charge in [-0.15, -0.1) is 0 Å². The van der Waals surface area contributed by atoms with Gasteiger partial charge in [0, 0.05) is 23.3 Å². The van der Waals surface area contributed by atoms with Crippen LogP contribution in [0.3, 0.4) is 0 Å². The highest BCUT2D eigenvalue weighted by molar-refractivity contribution is 6.30. The number of nitrogens with one attached hydrogen (secondary N) is 2. The number of halogens is 1. The van der Waals surface area contributed by atoms with Crippen molar-refractivity contribution in [1.82, 2.24) is 10.6 Å². The maximum absolute atomic E-state index is 5.90. The summed E-state index contributed by atoms with van der Waals surface area (Å²) < 4.78 is 0. The zero-order valence-corrected chi connectivity index (χ0v) is 7.99. The summed E-state index contributed by atoms with van der Waals surface area (Å²) in [6, 6.07) is 5.69. The number of hydrogen-bond acceptors (Lipinski definition) is 2. The van der Waals surface area contributed by atoms with Gasteiger partial charge in [0.15, 0.2) is 0 Å². The zero-order chi connectivity index (χ0) is 9.26. The molecule has 0 spiro atoms. The summed E-state index contributed by atoms with van der Waals surface area (Å²) in [6.45, 7) is 5.87. The molecule has 1 aromatic carbocycles. The molecule has 68 valence electrons. The molecule has 13 heavy (non-hydrogen) atoms. The van der Waals surface area contributed by atoms with Crippen LogP contribution in [0.5, 0.6) is 0 Å². The highest BCUT2D eigenvalue weighted by Crippen LogP contribution is 2.00. The summed E-state index contributed by atoms with van der Waals surface area (Å²) in [5.41, 5.74) is 0. The van der Waals surface area contributed by atoms with Gasteiger partial charge in [-0.25, -0.2) is 0 Å². The smallest absolute Gasteiger partial charge is 0.107 e. The second-order valence-electron chi connectivity index (χ2n) is 3.03. The van der Waals surface area contributed by atoms with Crippen molar-refractivity contribution in [1.29, 1.82) is 0 Å². The molecule has 1 saturated heterocycles. The van der Waals surface area contributed by atoms with Gasteiger partial charge < -0.3 is 10.6 Å². The molecule has 0 aliphatic carbocycles. The summed E-state index contributed by atoms with van der Waals surface area (Å²) in [4.78, 5) is 0. The molecule has 1 heterocycles. The van der Waals surface area contributed by atoms with Gasteiger partial charge >= 0.3 is 0 Å². The fourth-order valence-corrected chi connectivity index (χ4v) is 1.58. The van der Waals surface area contributed by atoms with Crippen LogP contribution in [0.1, 0.15) is 0 Å². The molecule has 0 unspecified atom stereocenters. The summed E-state index contributed by atoms with van der Waals surface area (Å²) in [5.74, 6) is 1.03. The molecular formula is C10H11ClN2. The Hall–Kier alpha value is -1.15. The molecule has 2 rings (SSSR count). The van der Waals surface area contributed by atoms with Crippen LogP contribution in [0.15, 0.2) is 18.2 Å². The molecule has 1 aromatic rings. The van der Waals surface area contributed by atoms with Crippen molar-refractivity contribution in [2.24, 2.45) is 0 Å². The van der Waals surface area contributed by atoms with Crippen LogP contribution in [0.4, 0.5) is 0 Å². The van der Waals surface area contributed by atoms with E-state index in [0.717, 1.165) is 34.4 Å². The van der Waals surface area contributed by atoms with E-state index in [1.165, 1.54) is 0 Å². The molecular weight excluding hydrogens is 184 g/mol. The van der Waals surface area contributed by atoms with Crippen molar-refractivity contribution in [2.45, 2.75) is 0 Å². The SMILES string of the molecule is C=c1ccc(Cl)cc1=C1NCCN1. The topological polar surface area (TPSA) is 24.1 Å². The van der Waals surface area contributed by atoms with Gasteiger partial charge in [-0.3, -0.25) is 0 Å². The van der Waals surface area contributed by atoms with E-state index in [1.807, 2.05) is 18.2 Å². The first-order chi connectivity index (χ1) is 6.27. The molecule has 3 heteroatoms. The first-order valence-corrected chi connectivity index (χ1v) is 4.62. The first-order valence-electron chi connectivity index (χ1n) is 4.24. The van der Waals surface area contributed by atoms with Crippen LogP contribution in [-0.4, -0.2) is 13.1 Å². The lowest BCUT2D eigenvalue weighted by Crippen LogP contribution is -2.32. The third-order valence-corrected chi connectivity index (χ3v) is 2.30. The zero-order valence-electron chi connectivity index (χ0n) is 7.23. The first kappa shape index (κ1) is 8.45. The van der Waals surface area contributed by atoms with Crippen LogP contribution in [0, 0.1) is 0 Å². The maximum Gasteiger partial charge on any atom is 0.107 e. The molecule has 0 saturated carbocycles. The second-order valence-corrected chi connectivity index (χ2v) is 3.47. The molecule has 2 N–H and O–H groups in total. The molecule has 1 aliphatic rings. The fourth-order valence-electron chi connectivity index (χ4n) is 1.41. The van der Waals surface area contributed by atoms with Crippen molar-refractivity contribution >= 4 is 24.0 Å². The van der Waals surface area contributed by atoms with Gasteiger partial charge in [0.25, 0.3) is 0 Å². The van der Waals surface area contributed by atoms with E-state index >= 15 is 0 Å². The Morgan fingerprint density at radius 1 is 1.23 bits per heavy atom. The number of benzene rings is 1. The maximum atomic E-state index is 5.90. The lowest BCUT2D eigenvalue weighted by molar-refractivity contribution is 0.942. The van der Waals surface area contributed by atoms with Crippen LogP contribution in [0.2, 0.25) is 5.02 Å². The Bertz CT molecular complexity index is 417.